The first-order chi connectivity index (χ1) is 15.4. The average molecular weight is 445 g/mol. The second-order valence-corrected chi connectivity index (χ2v) is 8.52. The molecule has 0 aromatic heterocycles. The summed E-state index contributed by atoms with van der Waals surface area (Å²) in [5, 5.41) is 0. The second kappa shape index (κ2) is 11.3. The second-order valence-electron chi connectivity index (χ2n) is 8.52. The number of nitrogens with zero attached hydrogens (tertiary/aromatic N) is 2. The molecule has 1 aliphatic rings. The Labute approximate surface area is 189 Å². The number of hydrogen-bond acceptors (Lipinski definition) is 5. The van der Waals surface area contributed by atoms with Crippen molar-refractivity contribution in [3.8, 4) is 11.5 Å². The maximum atomic E-state index is 13.7. The van der Waals surface area contributed by atoms with E-state index in [2.05, 4.69) is 18.7 Å². The Kier molecular flexibility index (Phi) is 8.47. The summed E-state index contributed by atoms with van der Waals surface area (Å²) in [6.45, 7) is 7.98. The number of carbonyl (C=O) groups excluding carboxylic acids is 1. The normalized spacial score (nSPS) is 16.8. The minimum absolute atomic E-state index is 0.121. The minimum atomic E-state index is -0.408. The van der Waals surface area contributed by atoms with Crippen molar-refractivity contribution in [2.45, 2.75) is 26.5 Å². The molecule has 1 aliphatic heterocycles. The first-order valence-corrected chi connectivity index (χ1v) is 11.0. The van der Waals surface area contributed by atoms with Gasteiger partial charge in [-0.3, -0.25) is 9.69 Å². The van der Waals surface area contributed by atoms with Crippen LogP contribution in [0.3, 0.4) is 0 Å². The third-order valence-electron chi connectivity index (χ3n) is 5.48. The summed E-state index contributed by atoms with van der Waals surface area (Å²) in [5.41, 5.74) is 1.44. The highest BCUT2D eigenvalue weighted by molar-refractivity contribution is 5.94. The predicted molar refractivity (Wildman–Crippen MR) is 122 cm³/mol. The van der Waals surface area contributed by atoms with Crippen molar-refractivity contribution < 1.29 is 23.4 Å². The molecular formula is C25H33FN2O4. The number of ether oxygens (including phenoxy) is 3. The number of amides is 1. The fourth-order valence-electron chi connectivity index (χ4n) is 3.99. The Balaban J connectivity index is 1.68. The third-order valence-corrected chi connectivity index (χ3v) is 5.48. The Morgan fingerprint density at radius 2 is 2.03 bits per heavy atom. The zero-order valence-corrected chi connectivity index (χ0v) is 19.3. The Bertz CT molecular complexity index is 905. The lowest BCUT2D eigenvalue weighted by Crippen LogP contribution is -2.49. The molecule has 2 aromatic rings. The molecule has 0 spiro atoms. The Morgan fingerprint density at radius 3 is 2.72 bits per heavy atom. The van der Waals surface area contributed by atoms with Crippen LogP contribution in [0, 0.1) is 11.7 Å². The number of halogens is 1. The largest absolute Gasteiger partial charge is 0.497 e. The van der Waals surface area contributed by atoms with E-state index in [1.54, 1.807) is 31.3 Å². The van der Waals surface area contributed by atoms with Gasteiger partial charge in [0.25, 0.3) is 5.91 Å². The highest BCUT2D eigenvalue weighted by atomic mass is 19.1. The molecule has 1 saturated heterocycles. The van der Waals surface area contributed by atoms with Crippen molar-refractivity contribution in [2.75, 3.05) is 47.0 Å². The van der Waals surface area contributed by atoms with Gasteiger partial charge in [-0.25, -0.2) is 4.39 Å². The number of morpholine rings is 1. The molecule has 3 rings (SSSR count). The van der Waals surface area contributed by atoms with E-state index in [-0.39, 0.29) is 17.9 Å². The van der Waals surface area contributed by atoms with E-state index in [9.17, 15) is 9.18 Å². The Morgan fingerprint density at radius 1 is 1.22 bits per heavy atom. The van der Waals surface area contributed by atoms with Crippen LogP contribution in [0.25, 0.3) is 0 Å². The number of carbonyl (C=O) groups is 1. The zero-order valence-electron chi connectivity index (χ0n) is 19.3. The van der Waals surface area contributed by atoms with Crippen molar-refractivity contribution in [1.29, 1.82) is 0 Å². The molecule has 174 valence electrons. The van der Waals surface area contributed by atoms with Crippen LogP contribution in [0.2, 0.25) is 0 Å². The van der Waals surface area contributed by atoms with Crippen LogP contribution in [0.1, 0.15) is 29.8 Å². The van der Waals surface area contributed by atoms with Crippen LogP contribution in [-0.4, -0.2) is 68.8 Å². The van der Waals surface area contributed by atoms with E-state index in [0.717, 1.165) is 30.2 Å². The molecule has 2 aromatic carbocycles. The van der Waals surface area contributed by atoms with Gasteiger partial charge in [0.1, 0.15) is 17.3 Å². The predicted octanol–water partition coefficient (Wildman–Crippen LogP) is 3.84. The van der Waals surface area contributed by atoms with Gasteiger partial charge in [-0.1, -0.05) is 26.0 Å². The summed E-state index contributed by atoms with van der Waals surface area (Å²) in [5.74, 6) is 1.25. The van der Waals surface area contributed by atoms with Crippen molar-refractivity contribution >= 4 is 5.91 Å². The zero-order chi connectivity index (χ0) is 23.1. The van der Waals surface area contributed by atoms with Crippen molar-refractivity contribution in [1.82, 2.24) is 9.80 Å². The molecule has 7 heteroatoms. The molecular weight excluding hydrogens is 411 g/mol. The maximum absolute atomic E-state index is 13.7. The molecule has 6 nitrogen and oxygen atoms in total. The van der Waals surface area contributed by atoms with Gasteiger partial charge in [0, 0.05) is 49.9 Å². The number of methoxy groups -OCH3 is 2. The van der Waals surface area contributed by atoms with E-state index in [0.29, 0.717) is 31.8 Å². The molecule has 32 heavy (non-hydrogen) atoms. The number of hydrogen-bond donors (Lipinski definition) is 0. The van der Waals surface area contributed by atoms with E-state index in [1.807, 2.05) is 18.2 Å². The monoisotopic (exact) mass is 444 g/mol. The lowest BCUT2D eigenvalue weighted by molar-refractivity contribution is -0.0439. The lowest BCUT2D eigenvalue weighted by Gasteiger charge is -2.36. The standard InChI is InChI=1S/C25H33FN2O4/c1-18(2)14-28(25(29)19-6-5-7-21(26)12-19)17-23-16-27(10-11-32-23)15-20-8-9-22(30-3)13-24(20)31-4/h5-9,12-13,18,23H,10-11,14-17H2,1-4H3. The molecule has 1 fully saturated rings. The van der Waals surface area contributed by atoms with E-state index < -0.39 is 5.82 Å². The molecule has 0 radical (unpaired) electrons. The van der Waals surface area contributed by atoms with Crippen molar-refractivity contribution in [3.05, 3.63) is 59.4 Å². The van der Waals surface area contributed by atoms with Crippen molar-refractivity contribution in [3.63, 3.8) is 0 Å². The molecule has 0 saturated carbocycles. The third kappa shape index (κ3) is 6.43. The molecule has 1 atom stereocenters. The van der Waals surface area contributed by atoms with Crippen LogP contribution in [0.4, 0.5) is 4.39 Å². The molecule has 0 bridgehead atoms. The fourth-order valence-corrected chi connectivity index (χ4v) is 3.99. The summed E-state index contributed by atoms with van der Waals surface area (Å²) in [4.78, 5) is 17.2. The molecule has 0 N–H and O–H groups in total. The molecule has 1 heterocycles. The van der Waals surface area contributed by atoms with Gasteiger partial charge >= 0.3 is 0 Å². The van der Waals surface area contributed by atoms with Gasteiger partial charge in [-0.2, -0.15) is 0 Å². The molecule has 1 amide bonds. The van der Waals surface area contributed by atoms with Gasteiger partial charge in [0.2, 0.25) is 0 Å². The van der Waals surface area contributed by atoms with Gasteiger partial charge < -0.3 is 19.1 Å². The number of rotatable bonds is 9. The maximum Gasteiger partial charge on any atom is 0.254 e. The first-order valence-electron chi connectivity index (χ1n) is 11.0. The minimum Gasteiger partial charge on any atom is -0.497 e. The Hall–Kier alpha value is -2.64. The lowest BCUT2D eigenvalue weighted by atomic mass is 10.1. The first kappa shape index (κ1) is 24.0. The smallest absolute Gasteiger partial charge is 0.254 e. The summed E-state index contributed by atoms with van der Waals surface area (Å²) >= 11 is 0. The average Bonchev–Trinajstić information content (AvgIpc) is 2.78. The number of benzene rings is 2. The summed E-state index contributed by atoms with van der Waals surface area (Å²) < 4.78 is 30.5. The summed E-state index contributed by atoms with van der Waals surface area (Å²) in [7, 11) is 3.29. The van der Waals surface area contributed by atoms with Crippen LogP contribution in [0.5, 0.6) is 11.5 Å². The SMILES string of the molecule is COc1ccc(CN2CCOC(CN(CC(C)C)C(=O)c3cccc(F)c3)C2)c(OC)c1. The molecule has 0 aliphatic carbocycles. The summed E-state index contributed by atoms with van der Waals surface area (Å²) in [6.07, 6.45) is -0.121. The van der Waals surface area contributed by atoms with Gasteiger partial charge in [0.15, 0.2) is 0 Å². The topological polar surface area (TPSA) is 51.2 Å². The van der Waals surface area contributed by atoms with E-state index in [4.69, 9.17) is 14.2 Å². The fraction of sp³-hybridized carbons (Fsp3) is 0.480. The van der Waals surface area contributed by atoms with Crippen LogP contribution in [0.15, 0.2) is 42.5 Å². The van der Waals surface area contributed by atoms with Gasteiger partial charge in [-0.05, 0) is 30.2 Å². The quantitative estimate of drug-likeness (QED) is 0.588. The van der Waals surface area contributed by atoms with Crippen LogP contribution >= 0.6 is 0 Å². The highest BCUT2D eigenvalue weighted by Gasteiger charge is 2.27. The van der Waals surface area contributed by atoms with Gasteiger partial charge in [0.05, 0.1) is 26.9 Å². The van der Waals surface area contributed by atoms with Crippen molar-refractivity contribution in [2.24, 2.45) is 5.92 Å². The van der Waals surface area contributed by atoms with E-state index >= 15 is 0 Å². The highest BCUT2D eigenvalue weighted by Crippen LogP contribution is 2.26. The summed E-state index contributed by atoms with van der Waals surface area (Å²) in [6, 6.07) is 11.7. The van der Waals surface area contributed by atoms with Crippen LogP contribution < -0.4 is 9.47 Å². The molecule has 1 unspecified atom stereocenters. The van der Waals surface area contributed by atoms with Gasteiger partial charge in [-0.15, -0.1) is 0 Å². The van der Waals surface area contributed by atoms with Crippen LogP contribution in [-0.2, 0) is 11.3 Å². The van der Waals surface area contributed by atoms with E-state index in [1.165, 1.54) is 12.1 Å².